The average molecular weight is 383 g/mol. The van der Waals surface area contributed by atoms with Crippen molar-refractivity contribution in [1.29, 1.82) is 0 Å². The first-order chi connectivity index (χ1) is 11.5. The Labute approximate surface area is 154 Å². The highest BCUT2D eigenvalue weighted by atomic mass is 35.5. The molecule has 0 radical (unpaired) electrons. The zero-order valence-corrected chi connectivity index (χ0v) is 15.3. The van der Waals surface area contributed by atoms with Gasteiger partial charge in [0.05, 0.1) is 9.95 Å². The second-order valence-electron chi connectivity index (χ2n) is 6.45. The van der Waals surface area contributed by atoms with E-state index in [2.05, 4.69) is 4.99 Å². The monoisotopic (exact) mass is 382 g/mol. The molecule has 0 amide bonds. The van der Waals surface area contributed by atoms with Gasteiger partial charge in [-0.25, -0.2) is 0 Å². The van der Waals surface area contributed by atoms with E-state index in [1.54, 1.807) is 12.1 Å². The van der Waals surface area contributed by atoms with E-state index in [1.807, 2.05) is 20.8 Å². The Balaban J connectivity index is 2.54. The highest BCUT2D eigenvalue weighted by Gasteiger charge is 2.19. The molecule has 0 saturated heterocycles. The Hall–Kier alpha value is -2.31. The van der Waals surface area contributed by atoms with Crippen molar-refractivity contribution in [2.75, 3.05) is 0 Å². The lowest BCUT2D eigenvalue weighted by Crippen LogP contribution is -2.10. The summed E-state index contributed by atoms with van der Waals surface area (Å²) in [6, 6.07) is 5.69. The third-order valence-corrected chi connectivity index (χ3v) is 4.04. The molecule has 0 fully saturated rings. The number of nitro benzene ring substituents is 1. The number of rotatable bonds is 3. The molecule has 2 aromatic carbocycles. The molecule has 2 N–H and O–H groups in total. The molecule has 0 atom stereocenters. The van der Waals surface area contributed by atoms with Crippen LogP contribution in [0.25, 0.3) is 0 Å². The summed E-state index contributed by atoms with van der Waals surface area (Å²) in [5.41, 5.74) is 0.331. The minimum Gasteiger partial charge on any atom is -0.504 e. The molecule has 0 spiro atoms. The van der Waals surface area contributed by atoms with Crippen molar-refractivity contribution < 1.29 is 15.1 Å². The van der Waals surface area contributed by atoms with Crippen LogP contribution in [0.15, 0.2) is 29.3 Å². The summed E-state index contributed by atoms with van der Waals surface area (Å²) in [6.45, 7) is 5.94. The van der Waals surface area contributed by atoms with Gasteiger partial charge in [-0.3, -0.25) is 15.1 Å². The third-order valence-electron chi connectivity index (χ3n) is 3.53. The van der Waals surface area contributed by atoms with Crippen molar-refractivity contribution in [2.45, 2.75) is 26.2 Å². The predicted octanol–water partition coefficient (Wildman–Crippen LogP) is 5.36. The van der Waals surface area contributed by atoms with Gasteiger partial charge in [-0.1, -0.05) is 44.0 Å². The summed E-state index contributed by atoms with van der Waals surface area (Å²) < 4.78 is 0. The quantitative estimate of drug-likeness (QED) is 0.424. The van der Waals surface area contributed by atoms with Crippen LogP contribution in [-0.2, 0) is 5.41 Å². The number of phenols is 2. The van der Waals surface area contributed by atoms with Crippen LogP contribution in [0.5, 0.6) is 11.5 Å². The minimum atomic E-state index is -0.743. The van der Waals surface area contributed by atoms with Crippen LogP contribution in [0.3, 0.4) is 0 Å². The molecule has 25 heavy (non-hydrogen) atoms. The molecule has 0 aliphatic heterocycles. The molecule has 0 aliphatic carbocycles. The molecule has 0 aliphatic rings. The summed E-state index contributed by atoms with van der Waals surface area (Å²) in [5, 5.41) is 31.2. The molecule has 0 saturated carbocycles. The van der Waals surface area contributed by atoms with E-state index in [9.17, 15) is 20.3 Å². The van der Waals surface area contributed by atoms with Gasteiger partial charge in [0.1, 0.15) is 5.69 Å². The first-order valence-electron chi connectivity index (χ1n) is 7.24. The smallest absolute Gasteiger partial charge is 0.312 e. The van der Waals surface area contributed by atoms with E-state index in [-0.39, 0.29) is 32.5 Å². The topological polar surface area (TPSA) is 96.0 Å². The summed E-state index contributed by atoms with van der Waals surface area (Å²) >= 11 is 11.9. The maximum atomic E-state index is 10.9. The molecule has 132 valence electrons. The van der Waals surface area contributed by atoms with Gasteiger partial charge in [-0.05, 0) is 29.2 Å². The number of hydrogen-bond acceptors (Lipinski definition) is 5. The van der Waals surface area contributed by atoms with Crippen LogP contribution in [0.2, 0.25) is 10.0 Å². The van der Waals surface area contributed by atoms with Crippen molar-refractivity contribution in [3.05, 3.63) is 55.6 Å². The Bertz CT molecular complexity index is 874. The maximum Gasteiger partial charge on any atom is 0.312 e. The van der Waals surface area contributed by atoms with E-state index in [4.69, 9.17) is 23.2 Å². The van der Waals surface area contributed by atoms with E-state index in [1.165, 1.54) is 12.3 Å². The molecule has 0 heterocycles. The van der Waals surface area contributed by atoms with Gasteiger partial charge in [-0.2, -0.15) is 0 Å². The standard InChI is InChI=1S/C17H16Cl2N2O4/c1-17(2,3)10-5-12(19)16(23)13(6-10)20-8-9-4-11(18)7-14(15(9)22)21(24)25/h4-8,22-23H,1-3H3. The predicted molar refractivity (Wildman–Crippen MR) is 98.8 cm³/mol. The van der Waals surface area contributed by atoms with Gasteiger partial charge in [0, 0.05) is 22.9 Å². The molecular weight excluding hydrogens is 367 g/mol. The highest BCUT2D eigenvalue weighted by Crippen LogP contribution is 2.39. The lowest BCUT2D eigenvalue weighted by molar-refractivity contribution is -0.385. The fourth-order valence-corrected chi connectivity index (χ4v) is 2.53. The van der Waals surface area contributed by atoms with E-state index < -0.39 is 16.4 Å². The van der Waals surface area contributed by atoms with Crippen LogP contribution in [0.4, 0.5) is 11.4 Å². The van der Waals surface area contributed by atoms with Crippen LogP contribution in [0, 0.1) is 10.1 Å². The summed E-state index contributed by atoms with van der Waals surface area (Å²) in [6.07, 6.45) is 1.19. The van der Waals surface area contributed by atoms with Crippen molar-refractivity contribution in [2.24, 2.45) is 4.99 Å². The number of halogens is 2. The van der Waals surface area contributed by atoms with E-state index in [0.29, 0.717) is 0 Å². The van der Waals surface area contributed by atoms with Crippen molar-refractivity contribution >= 4 is 40.8 Å². The number of hydrogen-bond donors (Lipinski definition) is 2. The number of nitro groups is 1. The van der Waals surface area contributed by atoms with Crippen molar-refractivity contribution in [1.82, 2.24) is 0 Å². The van der Waals surface area contributed by atoms with Gasteiger partial charge in [0.25, 0.3) is 0 Å². The van der Waals surface area contributed by atoms with Crippen LogP contribution in [-0.4, -0.2) is 21.4 Å². The first-order valence-corrected chi connectivity index (χ1v) is 8.00. The summed E-state index contributed by atoms with van der Waals surface area (Å²) in [5.74, 6) is -0.780. The summed E-state index contributed by atoms with van der Waals surface area (Å²) in [4.78, 5) is 14.3. The first kappa shape index (κ1) is 19.0. The SMILES string of the molecule is CC(C)(C)c1cc(Cl)c(O)c(N=Cc2cc(Cl)cc([N+](=O)[O-])c2O)c1. The highest BCUT2D eigenvalue weighted by molar-refractivity contribution is 6.32. The molecular formula is C17H16Cl2N2O4. The number of benzene rings is 2. The lowest BCUT2D eigenvalue weighted by Gasteiger charge is -2.20. The Morgan fingerprint density at radius 3 is 2.32 bits per heavy atom. The van der Waals surface area contributed by atoms with Crippen LogP contribution < -0.4 is 0 Å². The summed E-state index contributed by atoms with van der Waals surface area (Å²) in [7, 11) is 0. The van der Waals surface area contributed by atoms with Crippen molar-refractivity contribution in [3.63, 3.8) is 0 Å². The Morgan fingerprint density at radius 2 is 1.76 bits per heavy atom. The molecule has 2 aromatic rings. The van der Waals surface area contributed by atoms with E-state index in [0.717, 1.165) is 11.6 Å². The molecule has 2 rings (SSSR count). The normalized spacial score (nSPS) is 11.9. The third kappa shape index (κ3) is 4.21. The van der Waals surface area contributed by atoms with Crippen LogP contribution in [0.1, 0.15) is 31.9 Å². The fraction of sp³-hybridized carbons (Fsp3) is 0.235. The second kappa shape index (κ2) is 6.90. The molecule has 0 unspecified atom stereocenters. The van der Waals surface area contributed by atoms with Gasteiger partial charge in [-0.15, -0.1) is 0 Å². The van der Waals surface area contributed by atoms with Gasteiger partial charge in [0.2, 0.25) is 5.75 Å². The average Bonchev–Trinajstić information content (AvgIpc) is 2.49. The number of nitrogens with zero attached hydrogens (tertiary/aromatic N) is 2. The zero-order valence-electron chi connectivity index (χ0n) is 13.7. The maximum absolute atomic E-state index is 10.9. The zero-order chi connectivity index (χ0) is 18.9. The number of aliphatic imine (C=N–C) groups is 1. The van der Waals surface area contributed by atoms with Gasteiger partial charge >= 0.3 is 5.69 Å². The largest absolute Gasteiger partial charge is 0.504 e. The second-order valence-corrected chi connectivity index (χ2v) is 7.30. The Kier molecular flexibility index (Phi) is 5.25. The van der Waals surface area contributed by atoms with Gasteiger partial charge in [0.15, 0.2) is 5.75 Å². The molecule has 8 heteroatoms. The molecule has 6 nitrogen and oxygen atoms in total. The molecule has 0 aromatic heterocycles. The van der Waals surface area contributed by atoms with Crippen LogP contribution >= 0.6 is 23.2 Å². The number of phenolic OH excluding ortho intramolecular Hbond substituents is 2. The van der Waals surface area contributed by atoms with E-state index >= 15 is 0 Å². The minimum absolute atomic E-state index is 0.0517. The molecule has 0 bridgehead atoms. The lowest BCUT2D eigenvalue weighted by atomic mass is 9.87. The number of aromatic hydroxyl groups is 2. The van der Waals surface area contributed by atoms with Crippen molar-refractivity contribution in [3.8, 4) is 11.5 Å². The van der Waals surface area contributed by atoms with Gasteiger partial charge < -0.3 is 10.2 Å². The fourth-order valence-electron chi connectivity index (χ4n) is 2.10. The Morgan fingerprint density at radius 1 is 1.12 bits per heavy atom.